The van der Waals surface area contributed by atoms with Gasteiger partial charge in [-0.1, -0.05) is 0 Å². The SMILES string of the molecule is CSCCC(NC(=O)C1CCCN1C(=O)C(N)CO)C(=O)NC(CO)C(=O)O. The molecule has 4 atom stereocenters. The molecule has 0 aromatic heterocycles. The number of aliphatic hydroxyl groups excluding tert-OH is 2. The van der Waals surface area contributed by atoms with Gasteiger partial charge in [-0.15, -0.1) is 0 Å². The molecule has 11 nitrogen and oxygen atoms in total. The monoisotopic (exact) mass is 420 g/mol. The highest BCUT2D eigenvalue weighted by Gasteiger charge is 2.37. The van der Waals surface area contributed by atoms with Crippen LogP contribution in [0.1, 0.15) is 19.3 Å². The fourth-order valence-corrected chi connectivity index (χ4v) is 3.30. The van der Waals surface area contributed by atoms with Crippen LogP contribution in [0.2, 0.25) is 0 Å². The summed E-state index contributed by atoms with van der Waals surface area (Å²) in [7, 11) is 0. The second-order valence-electron chi connectivity index (χ2n) is 6.40. The van der Waals surface area contributed by atoms with Gasteiger partial charge in [0.05, 0.1) is 13.2 Å². The molecule has 12 heteroatoms. The van der Waals surface area contributed by atoms with E-state index >= 15 is 0 Å². The minimum Gasteiger partial charge on any atom is -0.480 e. The van der Waals surface area contributed by atoms with Gasteiger partial charge < -0.3 is 36.6 Å². The van der Waals surface area contributed by atoms with E-state index in [0.717, 1.165) is 0 Å². The number of hydrogen-bond acceptors (Lipinski definition) is 8. The summed E-state index contributed by atoms with van der Waals surface area (Å²) in [5.41, 5.74) is 5.55. The van der Waals surface area contributed by atoms with Crippen molar-refractivity contribution in [2.75, 3.05) is 31.8 Å². The molecule has 1 heterocycles. The minimum atomic E-state index is -1.48. The highest BCUT2D eigenvalue weighted by molar-refractivity contribution is 7.98. The number of carbonyl (C=O) groups excluding carboxylic acids is 3. The average Bonchev–Trinajstić information content (AvgIpc) is 3.17. The standard InChI is InChI=1S/C16H28N4O7S/c1-28-6-4-10(13(23)19-11(8-22)16(26)27)18-14(24)12-3-2-5-20(12)15(25)9(17)7-21/h9-12,21-22H,2-8,17H2,1H3,(H,18,24)(H,19,23)(H,26,27). The van der Waals surface area contributed by atoms with Crippen LogP contribution >= 0.6 is 11.8 Å². The van der Waals surface area contributed by atoms with Gasteiger partial charge in [0.15, 0.2) is 0 Å². The van der Waals surface area contributed by atoms with Crippen molar-refractivity contribution in [2.45, 2.75) is 43.4 Å². The number of rotatable bonds is 11. The summed E-state index contributed by atoms with van der Waals surface area (Å²) in [5, 5.41) is 31.8. The second-order valence-corrected chi connectivity index (χ2v) is 7.39. The first-order valence-electron chi connectivity index (χ1n) is 8.87. The summed E-state index contributed by atoms with van der Waals surface area (Å²) in [6, 6.07) is -4.43. The molecule has 1 fully saturated rings. The number of carbonyl (C=O) groups is 4. The summed E-state index contributed by atoms with van der Waals surface area (Å²) in [6.07, 6.45) is 3.03. The lowest BCUT2D eigenvalue weighted by molar-refractivity contribution is -0.144. The van der Waals surface area contributed by atoms with Gasteiger partial charge in [-0.3, -0.25) is 14.4 Å². The number of nitrogens with two attached hydrogens (primary N) is 1. The van der Waals surface area contributed by atoms with Crippen molar-refractivity contribution in [3.8, 4) is 0 Å². The number of thioether (sulfide) groups is 1. The van der Waals surface area contributed by atoms with Crippen molar-refractivity contribution in [1.29, 1.82) is 0 Å². The Labute approximate surface area is 167 Å². The Morgan fingerprint density at radius 1 is 1.18 bits per heavy atom. The van der Waals surface area contributed by atoms with Crippen molar-refractivity contribution >= 4 is 35.5 Å². The lowest BCUT2D eigenvalue weighted by Gasteiger charge is -2.28. The molecule has 0 spiro atoms. The third-order valence-electron chi connectivity index (χ3n) is 4.39. The zero-order chi connectivity index (χ0) is 21.3. The fraction of sp³-hybridized carbons (Fsp3) is 0.750. The summed E-state index contributed by atoms with van der Waals surface area (Å²) >= 11 is 1.44. The van der Waals surface area contributed by atoms with Gasteiger partial charge in [0.1, 0.15) is 24.2 Å². The zero-order valence-corrected chi connectivity index (χ0v) is 16.5. The van der Waals surface area contributed by atoms with Crippen LogP contribution in [0, 0.1) is 0 Å². The Balaban J connectivity index is 2.84. The number of likely N-dealkylation sites (tertiary alicyclic amines) is 1. The van der Waals surface area contributed by atoms with Gasteiger partial charge >= 0.3 is 5.97 Å². The van der Waals surface area contributed by atoms with Gasteiger partial charge in [0.2, 0.25) is 17.7 Å². The van der Waals surface area contributed by atoms with Gasteiger partial charge in [-0.25, -0.2) is 4.79 Å². The first kappa shape index (κ1) is 24.1. The molecule has 7 N–H and O–H groups in total. The maximum atomic E-state index is 12.7. The highest BCUT2D eigenvalue weighted by Crippen LogP contribution is 2.18. The van der Waals surface area contributed by atoms with E-state index in [-0.39, 0.29) is 6.42 Å². The van der Waals surface area contributed by atoms with Gasteiger partial charge in [0.25, 0.3) is 0 Å². The molecule has 28 heavy (non-hydrogen) atoms. The number of amides is 3. The first-order chi connectivity index (χ1) is 13.3. The van der Waals surface area contributed by atoms with Crippen LogP contribution in [0.3, 0.4) is 0 Å². The van der Waals surface area contributed by atoms with Crippen LogP contribution in [0.15, 0.2) is 0 Å². The van der Waals surface area contributed by atoms with Gasteiger partial charge in [-0.2, -0.15) is 11.8 Å². The van der Waals surface area contributed by atoms with E-state index in [1.165, 1.54) is 16.7 Å². The molecule has 1 saturated heterocycles. The van der Waals surface area contributed by atoms with Gasteiger partial charge in [-0.05, 0) is 31.3 Å². The van der Waals surface area contributed by atoms with E-state index < -0.39 is 61.1 Å². The third-order valence-corrected chi connectivity index (χ3v) is 5.04. The maximum Gasteiger partial charge on any atom is 0.328 e. The zero-order valence-electron chi connectivity index (χ0n) is 15.7. The molecule has 0 aromatic rings. The predicted molar refractivity (Wildman–Crippen MR) is 101 cm³/mol. The fourth-order valence-electron chi connectivity index (χ4n) is 2.82. The number of carboxylic acid groups (broad SMARTS) is 1. The van der Waals surface area contributed by atoms with E-state index in [1.54, 1.807) is 0 Å². The van der Waals surface area contributed by atoms with Crippen LogP contribution in [-0.2, 0) is 19.2 Å². The number of nitrogens with zero attached hydrogens (tertiary/aromatic N) is 1. The molecule has 0 aromatic carbocycles. The van der Waals surface area contributed by atoms with E-state index in [9.17, 15) is 19.2 Å². The number of hydrogen-bond donors (Lipinski definition) is 6. The molecule has 160 valence electrons. The molecule has 1 aliphatic heterocycles. The van der Waals surface area contributed by atoms with Crippen molar-refractivity contribution in [3.05, 3.63) is 0 Å². The molecule has 4 unspecified atom stereocenters. The first-order valence-corrected chi connectivity index (χ1v) is 10.3. The third kappa shape index (κ3) is 6.62. The molecule has 0 radical (unpaired) electrons. The van der Waals surface area contributed by atoms with Crippen LogP contribution in [0.25, 0.3) is 0 Å². The van der Waals surface area contributed by atoms with E-state index in [4.69, 9.17) is 21.1 Å². The van der Waals surface area contributed by atoms with Crippen LogP contribution < -0.4 is 16.4 Å². The summed E-state index contributed by atoms with van der Waals surface area (Å²) < 4.78 is 0. The Hall–Kier alpha value is -1.89. The summed E-state index contributed by atoms with van der Waals surface area (Å²) in [5.74, 6) is -2.69. The molecular formula is C16H28N4O7S. The van der Waals surface area contributed by atoms with Crippen molar-refractivity contribution in [2.24, 2.45) is 5.73 Å². The maximum absolute atomic E-state index is 12.7. The normalized spacial score (nSPS) is 19.6. The van der Waals surface area contributed by atoms with E-state index in [1.807, 2.05) is 6.26 Å². The topological polar surface area (TPSA) is 182 Å². The molecule has 0 saturated carbocycles. The minimum absolute atomic E-state index is 0.243. The lowest BCUT2D eigenvalue weighted by Crippen LogP contribution is -2.57. The molecular weight excluding hydrogens is 392 g/mol. The molecule has 1 aliphatic rings. The largest absolute Gasteiger partial charge is 0.480 e. The Morgan fingerprint density at radius 2 is 1.86 bits per heavy atom. The van der Waals surface area contributed by atoms with E-state index in [2.05, 4.69) is 10.6 Å². The van der Waals surface area contributed by atoms with Crippen LogP contribution in [0.4, 0.5) is 0 Å². The summed E-state index contributed by atoms with van der Waals surface area (Å²) in [6.45, 7) is -1.01. The molecule has 1 rings (SSSR count). The van der Waals surface area contributed by atoms with Crippen molar-refractivity contribution < 1.29 is 34.5 Å². The smallest absolute Gasteiger partial charge is 0.328 e. The number of nitrogens with one attached hydrogen (secondary N) is 2. The van der Waals surface area contributed by atoms with Crippen molar-refractivity contribution in [3.63, 3.8) is 0 Å². The van der Waals surface area contributed by atoms with Crippen LogP contribution in [-0.4, -0.2) is 99.8 Å². The van der Waals surface area contributed by atoms with Gasteiger partial charge in [0, 0.05) is 6.54 Å². The average molecular weight is 420 g/mol. The van der Waals surface area contributed by atoms with Crippen LogP contribution in [0.5, 0.6) is 0 Å². The Kier molecular flexibility index (Phi) is 10.2. The van der Waals surface area contributed by atoms with E-state index in [0.29, 0.717) is 25.1 Å². The number of aliphatic hydroxyl groups is 2. The quantitative estimate of drug-likeness (QED) is 0.204. The van der Waals surface area contributed by atoms with Crippen molar-refractivity contribution in [1.82, 2.24) is 15.5 Å². The second kappa shape index (κ2) is 11.8. The predicted octanol–water partition coefficient (Wildman–Crippen LogP) is -2.90. The molecule has 0 aliphatic carbocycles. The highest BCUT2D eigenvalue weighted by atomic mass is 32.2. The number of carboxylic acids is 1. The Bertz CT molecular complexity index is 577. The molecule has 3 amide bonds. The molecule has 0 bridgehead atoms. The Morgan fingerprint density at radius 3 is 2.39 bits per heavy atom. The number of aliphatic carboxylic acids is 1. The lowest BCUT2D eigenvalue weighted by atomic mass is 10.1. The summed E-state index contributed by atoms with van der Waals surface area (Å²) in [4.78, 5) is 49.6.